The number of alkyl halides is 1. The second-order valence-electron chi connectivity index (χ2n) is 3.62. The van der Waals surface area contributed by atoms with E-state index in [1.807, 2.05) is 18.2 Å². The monoisotopic (exact) mass is 274 g/mol. The lowest BCUT2D eigenvalue weighted by atomic mass is 10.2. The Labute approximate surface area is 97.5 Å². The van der Waals surface area contributed by atoms with Gasteiger partial charge in [-0.1, -0.05) is 12.1 Å². The molecule has 0 heterocycles. The van der Waals surface area contributed by atoms with Gasteiger partial charge in [0.15, 0.2) is 0 Å². The van der Waals surface area contributed by atoms with Gasteiger partial charge < -0.3 is 4.74 Å². The zero-order chi connectivity index (χ0) is 9.97. The molecule has 0 atom stereocenters. The lowest BCUT2D eigenvalue weighted by Gasteiger charge is -2.11. The van der Waals surface area contributed by atoms with Gasteiger partial charge in [0.2, 0.25) is 0 Å². The SMILES string of the molecule is ClCc1cccc(Br)c1OCC1CC1. The molecule has 1 aliphatic carbocycles. The van der Waals surface area contributed by atoms with E-state index in [2.05, 4.69) is 15.9 Å². The molecule has 0 aliphatic heterocycles. The highest BCUT2D eigenvalue weighted by Gasteiger charge is 2.22. The van der Waals surface area contributed by atoms with Crippen LogP contribution >= 0.6 is 27.5 Å². The lowest BCUT2D eigenvalue weighted by Crippen LogP contribution is -2.01. The number of hydrogen-bond acceptors (Lipinski definition) is 1. The molecule has 2 rings (SSSR count). The molecular weight excluding hydrogens is 263 g/mol. The Kier molecular flexibility index (Phi) is 3.34. The van der Waals surface area contributed by atoms with Crippen LogP contribution in [-0.4, -0.2) is 6.61 Å². The Bertz CT molecular complexity index is 323. The maximum absolute atomic E-state index is 5.83. The minimum Gasteiger partial charge on any atom is -0.492 e. The highest BCUT2D eigenvalue weighted by molar-refractivity contribution is 9.10. The average molecular weight is 276 g/mol. The predicted molar refractivity (Wildman–Crippen MR) is 61.9 cm³/mol. The molecule has 1 aromatic carbocycles. The van der Waals surface area contributed by atoms with Gasteiger partial charge in [0.05, 0.1) is 17.0 Å². The molecule has 1 saturated carbocycles. The Balaban J connectivity index is 2.11. The molecule has 0 amide bonds. The van der Waals surface area contributed by atoms with Crippen molar-refractivity contribution in [1.82, 2.24) is 0 Å². The summed E-state index contributed by atoms with van der Waals surface area (Å²) in [6.07, 6.45) is 2.61. The summed E-state index contributed by atoms with van der Waals surface area (Å²) < 4.78 is 6.75. The van der Waals surface area contributed by atoms with Crippen LogP contribution in [-0.2, 0) is 5.88 Å². The summed E-state index contributed by atoms with van der Waals surface area (Å²) >= 11 is 9.31. The molecule has 0 unspecified atom stereocenters. The zero-order valence-electron chi connectivity index (χ0n) is 7.80. The number of para-hydroxylation sites is 1. The fourth-order valence-electron chi connectivity index (χ4n) is 1.31. The van der Waals surface area contributed by atoms with Gasteiger partial charge in [0, 0.05) is 5.56 Å². The van der Waals surface area contributed by atoms with E-state index in [9.17, 15) is 0 Å². The first-order valence-electron chi connectivity index (χ1n) is 4.77. The van der Waals surface area contributed by atoms with Gasteiger partial charge in [-0.2, -0.15) is 0 Å². The van der Waals surface area contributed by atoms with Crippen molar-refractivity contribution >= 4 is 27.5 Å². The molecular formula is C11H12BrClO. The predicted octanol–water partition coefficient (Wildman–Crippen LogP) is 3.98. The number of rotatable bonds is 4. The van der Waals surface area contributed by atoms with Crippen molar-refractivity contribution in [2.45, 2.75) is 18.7 Å². The number of hydrogen-bond donors (Lipinski definition) is 0. The Morgan fingerprint density at radius 3 is 2.86 bits per heavy atom. The first-order chi connectivity index (χ1) is 6.81. The summed E-state index contributed by atoms with van der Waals surface area (Å²) in [6, 6.07) is 5.96. The third-order valence-electron chi connectivity index (χ3n) is 2.35. The van der Waals surface area contributed by atoms with Crippen LogP contribution < -0.4 is 4.74 Å². The molecule has 1 nitrogen and oxygen atoms in total. The third-order valence-corrected chi connectivity index (χ3v) is 3.27. The van der Waals surface area contributed by atoms with Crippen LogP contribution in [0.2, 0.25) is 0 Å². The van der Waals surface area contributed by atoms with Crippen molar-refractivity contribution in [3.05, 3.63) is 28.2 Å². The number of benzene rings is 1. The maximum Gasteiger partial charge on any atom is 0.137 e. The quantitative estimate of drug-likeness (QED) is 0.755. The summed E-state index contributed by atoms with van der Waals surface area (Å²) in [4.78, 5) is 0. The molecule has 76 valence electrons. The maximum atomic E-state index is 5.83. The topological polar surface area (TPSA) is 9.23 Å². The molecule has 1 aromatic rings. The van der Waals surface area contributed by atoms with Crippen molar-refractivity contribution in [3.8, 4) is 5.75 Å². The molecule has 1 fully saturated rings. The largest absolute Gasteiger partial charge is 0.492 e. The van der Waals surface area contributed by atoms with E-state index in [1.165, 1.54) is 12.8 Å². The van der Waals surface area contributed by atoms with Gasteiger partial charge in [0.1, 0.15) is 5.75 Å². The van der Waals surface area contributed by atoms with E-state index in [0.29, 0.717) is 5.88 Å². The van der Waals surface area contributed by atoms with Gasteiger partial charge in [-0.15, -0.1) is 11.6 Å². The molecule has 0 N–H and O–H groups in total. The second kappa shape index (κ2) is 4.54. The number of ether oxygens (including phenoxy) is 1. The molecule has 3 heteroatoms. The highest BCUT2D eigenvalue weighted by Crippen LogP contribution is 2.34. The Morgan fingerprint density at radius 2 is 2.21 bits per heavy atom. The van der Waals surface area contributed by atoms with Crippen LogP contribution in [0.3, 0.4) is 0 Å². The Morgan fingerprint density at radius 1 is 1.43 bits per heavy atom. The molecule has 0 spiro atoms. The lowest BCUT2D eigenvalue weighted by molar-refractivity contribution is 0.296. The molecule has 0 aromatic heterocycles. The van der Waals surface area contributed by atoms with Crippen LogP contribution in [0, 0.1) is 5.92 Å². The second-order valence-corrected chi connectivity index (χ2v) is 4.74. The molecule has 0 saturated heterocycles. The summed E-state index contributed by atoms with van der Waals surface area (Å²) in [6.45, 7) is 0.826. The molecule has 1 aliphatic rings. The van der Waals surface area contributed by atoms with Crippen molar-refractivity contribution < 1.29 is 4.74 Å². The van der Waals surface area contributed by atoms with E-state index < -0.39 is 0 Å². The Hall–Kier alpha value is -0.210. The van der Waals surface area contributed by atoms with Crippen LogP contribution in [0.4, 0.5) is 0 Å². The minimum absolute atomic E-state index is 0.499. The van der Waals surface area contributed by atoms with Gasteiger partial charge >= 0.3 is 0 Å². The minimum atomic E-state index is 0.499. The van der Waals surface area contributed by atoms with E-state index in [4.69, 9.17) is 16.3 Å². The van der Waals surface area contributed by atoms with Crippen molar-refractivity contribution in [1.29, 1.82) is 0 Å². The first kappa shape index (κ1) is 10.3. The molecule has 0 radical (unpaired) electrons. The molecule has 14 heavy (non-hydrogen) atoms. The normalized spacial score (nSPS) is 15.6. The summed E-state index contributed by atoms with van der Waals surface area (Å²) in [5, 5.41) is 0. The van der Waals surface area contributed by atoms with E-state index in [-0.39, 0.29) is 0 Å². The van der Waals surface area contributed by atoms with Crippen molar-refractivity contribution in [2.75, 3.05) is 6.61 Å². The van der Waals surface area contributed by atoms with Crippen molar-refractivity contribution in [3.63, 3.8) is 0 Å². The van der Waals surface area contributed by atoms with Crippen LogP contribution in [0.5, 0.6) is 5.75 Å². The van der Waals surface area contributed by atoms with Gasteiger partial charge in [-0.05, 0) is 40.8 Å². The fourth-order valence-corrected chi connectivity index (χ4v) is 2.04. The fraction of sp³-hybridized carbons (Fsp3) is 0.455. The van der Waals surface area contributed by atoms with Crippen molar-refractivity contribution in [2.24, 2.45) is 5.92 Å². The van der Waals surface area contributed by atoms with E-state index in [1.54, 1.807) is 0 Å². The summed E-state index contributed by atoms with van der Waals surface area (Å²) in [5.74, 6) is 2.18. The molecule has 0 bridgehead atoms. The van der Waals surface area contributed by atoms with Crippen LogP contribution in [0.1, 0.15) is 18.4 Å². The standard InChI is InChI=1S/C11H12BrClO/c12-10-3-1-2-9(6-13)11(10)14-7-8-4-5-8/h1-3,8H,4-7H2. The summed E-state index contributed by atoms with van der Waals surface area (Å²) in [7, 11) is 0. The van der Waals surface area contributed by atoms with E-state index >= 15 is 0 Å². The third kappa shape index (κ3) is 2.43. The van der Waals surface area contributed by atoms with Gasteiger partial charge in [-0.3, -0.25) is 0 Å². The smallest absolute Gasteiger partial charge is 0.137 e. The van der Waals surface area contributed by atoms with Gasteiger partial charge in [-0.25, -0.2) is 0 Å². The van der Waals surface area contributed by atoms with Crippen LogP contribution in [0.15, 0.2) is 22.7 Å². The van der Waals surface area contributed by atoms with Gasteiger partial charge in [0.25, 0.3) is 0 Å². The number of halogens is 2. The van der Waals surface area contributed by atoms with E-state index in [0.717, 1.165) is 28.3 Å². The summed E-state index contributed by atoms with van der Waals surface area (Å²) in [5.41, 5.74) is 1.06. The van der Waals surface area contributed by atoms with Crippen LogP contribution in [0.25, 0.3) is 0 Å². The highest BCUT2D eigenvalue weighted by atomic mass is 79.9. The average Bonchev–Trinajstić information content (AvgIpc) is 2.99. The first-order valence-corrected chi connectivity index (χ1v) is 6.10. The zero-order valence-corrected chi connectivity index (χ0v) is 10.1.